The molecule has 0 fully saturated rings. The van der Waals surface area contributed by atoms with E-state index in [2.05, 4.69) is 15.6 Å². The summed E-state index contributed by atoms with van der Waals surface area (Å²) in [5.74, 6) is 0. The average Bonchev–Trinajstić information content (AvgIpc) is 2.85. The van der Waals surface area contributed by atoms with Gasteiger partial charge < -0.3 is 0 Å². The van der Waals surface area contributed by atoms with Gasteiger partial charge in [0.15, 0.2) is 0 Å². The van der Waals surface area contributed by atoms with Gasteiger partial charge in [-0.2, -0.15) is 10.2 Å². The van der Waals surface area contributed by atoms with Crippen molar-refractivity contribution in [2.45, 2.75) is 6.92 Å². The second-order valence-electron chi connectivity index (χ2n) is 5.06. The van der Waals surface area contributed by atoms with E-state index in [1.807, 2.05) is 31.2 Å². The molecular formula is C17H13Cl3N4. The third-order valence-electron chi connectivity index (χ3n) is 3.35. The molecule has 0 atom stereocenters. The first kappa shape index (κ1) is 16.8. The highest BCUT2D eigenvalue weighted by molar-refractivity contribution is 6.32. The highest BCUT2D eigenvalue weighted by Crippen LogP contribution is 2.23. The first-order valence-corrected chi connectivity index (χ1v) is 8.23. The van der Waals surface area contributed by atoms with Gasteiger partial charge in [0.1, 0.15) is 5.15 Å². The molecule has 122 valence electrons. The monoisotopic (exact) mass is 378 g/mol. The summed E-state index contributed by atoms with van der Waals surface area (Å²) in [4.78, 5) is 0. The van der Waals surface area contributed by atoms with Crippen LogP contribution in [0.4, 0.5) is 5.69 Å². The Morgan fingerprint density at radius 2 is 1.54 bits per heavy atom. The molecule has 4 nitrogen and oxygen atoms in total. The minimum atomic E-state index is 0.483. The molecule has 0 saturated carbocycles. The Morgan fingerprint density at radius 3 is 2.17 bits per heavy atom. The minimum absolute atomic E-state index is 0.483. The fourth-order valence-electron chi connectivity index (χ4n) is 2.11. The second kappa shape index (κ2) is 7.26. The minimum Gasteiger partial charge on any atom is -0.279 e. The van der Waals surface area contributed by atoms with E-state index in [0.29, 0.717) is 15.2 Å². The first-order valence-electron chi connectivity index (χ1n) is 7.10. The number of hydrazone groups is 1. The van der Waals surface area contributed by atoms with Crippen LogP contribution < -0.4 is 5.43 Å². The van der Waals surface area contributed by atoms with Gasteiger partial charge in [0, 0.05) is 10.0 Å². The molecule has 0 bridgehead atoms. The highest BCUT2D eigenvalue weighted by atomic mass is 35.5. The lowest BCUT2D eigenvalue weighted by atomic mass is 10.3. The zero-order chi connectivity index (χ0) is 17.1. The van der Waals surface area contributed by atoms with Gasteiger partial charge in [-0.3, -0.25) is 5.43 Å². The van der Waals surface area contributed by atoms with E-state index in [9.17, 15) is 0 Å². The lowest BCUT2D eigenvalue weighted by Gasteiger charge is -2.03. The molecule has 0 aliphatic rings. The van der Waals surface area contributed by atoms with Crippen LogP contribution >= 0.6 is 34.8 Å². The van der Waals surface area contributed by atoms with E-state index in [1.54, 1.807) is 35.2 Å². The predicted molar refractivity (Wildman–Crippen MR) is 101 cm³/mol. The molecule has 0 saturated heterocycles. The van der Waals surface area contributed by atoms with Crippen LogP contribution in [0, 0.1) is 6.92 Å². The number of nitrogens with one attached hydrogen (secondary N) is 1. The molecule has 0 unspecified atom stereocenters. The number of hydrogen-bond acceptors (Lipinski definition) is 3. The molecule has 1 aromatic heterocycles. The molecule has 3 rings (SSSR count). The van der Waals surface area contributed by atoms with Crippen molar-refractivity contribution in [3.05, 3.63) is 75.0 Å². The van der Waals surface area contributed by atoms with Gasteiger partial charge in [-0.25, -0.2) is 4.68 Å². The van der Waals surface area contributed by atoms with E-state index in [-0.39, 0.29) is 0 Å². The van der Waals surface area contributed by atoms with Crippen LogP contribution in [0.3, 0.4) is 0 Å². The Balaban J connectivity index is 1.82. The largest absolute Gasteiger partial charge is 0.279 e. The fraction of sp³-hybridized carbons (Fsp3) is 0.0588. The molecule has 0 aliphatic heterocycles. The molecule has 1 heterocycles. The Kier molecular flexibility index (Phi) is 5.09. The summed E-state index contributed by atoms with van der Waals surface area (Å²) in [7, 11) is 0. The van der Waals surface area contributed by atoms with Gasteiger partial charge in [0.25, 0.3) is 0 Å². The summed E-state index contributed by atoms with van der Waals surface area (Å²) in [5, 5.41) is 10.5. The van der Waals surface area contributed by atoms with Gasteiger partial charge in [0.05, 0.1) is 28.8 Å². The maximum Gasteiger partial charge on any atom is 0.142 e. The van der Waals surface area contributed by atoms with Gasteiger partial charge in [-0.15, -0.1) is 0 Å². The van der Waals surface area contributed by atoms with Gasteiger partial charge in [-0.05, 0) is 55.5 Å². The van der Waals surface area contributed by atoms with Crippen LogP contribution in [-0.4, -0.2) is 16.0 Å². The van der Waals surface area contributed by atoms with E-state index >= 15 is 0 Å². The van der Waals surface area contributed by atoms with E-state index in [1.165, 1.54) is 0 Å². The zero-order valence-electron chi connectivity index (χ0n) is 12.7. The first-order chi connectivity index (χ1) is 11.5. The summed E-state index contributed by atoms with van der Waals surface area (Å²) < 4.78 is 1.65. The molecule has 7 heteroatoms. The smallest absolute Gasteiger partial charge is 0.142 e. The summed E-state index contributed by atoms with van der Waals surface area (Å²) in [6.07, 6.45) is 1.64. The summed E-state index contributed by atoms with van der Waals surface area (Å²) in [5.41, 5.74) is 6.11. The number of nitrogens with zero attached hydrogens (tertiary/aromatic N) is 3. The van der Waals surface area contributed by atoms with Crippen LogP contribution in [0.15, 0.2) is 53.6 Å². The zero-order valence-corrected chi connectivity index (χ0v) is 14.9. The van der Waals surface area contributed by atoms with Crippen molar-refractivity contribution in [3.8, 4) is 5.69 Å². The topological polar surface area (TPSA) is 42.2 Å². The van der Waals surface area contributed by atoms with Crippen molar-refractivity contribution in [1.29, 1.82) is 0 Å². The number of anilines is 1. The van der Waals surface area contributed by atoms with Gasteiger partial charge in [-0.1, -0.05) is 34.8 Å². The van der Waals surface area contributed by atoms with E-state index < -0.39 is 0 Å². The molecule has 2 aromatic carbocycles. The van der Waals surface area contributed by atoms with Gasteiger partial charge in [0.2, 0.25) is 0 Å². The maximum atomic E-state index is 6.44. The lowest BCUT2D eigenvalue weighted by Crippen LogP contribution is -1.96. The number of aromatic nitrogens is 2. The predicted octanol–water partition coefficient (Wildman–Crippen LogP) is 5.59. The Morgan fingerprint density at radius 1 is 0.958 bits per heavy atom. The molecule has 0 radical (unpaired) electrons. The quantitative estimate of drug-likeness (QED) is 0.474. The molecule has 0 aliphatic carbocycles. The Labute approximate surface area is 154 Å². The van der Waals surface area contributed by atoms with Crippen molar-refractivity contribution < 1.29 is 0 Å². The SMILES string of the molecule is Cc1nn(-c2ccc(Cl)cc2)c(Cl)c1/C=N/Nc1ccc(Cl)cc1. The molecule has 0 amide bonds. The number of aryl methyl sites for hydroxylation is 1. The molecule has 1 N–H and O–H groups in total. The third-order valence-corrected chi connectivity index (χ3v) is 4.22. The Bertz CT molecular complexity index is 868. The Hall–Kier alpha value is -2.01. The number of hydrogen-bond donors (Lipinski definition) is 1. The lowest BCUT2D eigenvalue weighted by molar-refractivity contribution is 0.863. The maximum absolute atomic E-state index is 6.44. The van der Waals surface area contributed by atoms with Crippen LogP contribution in [0.25, 0.3) is 5.69 Å². The number of rotatable bonds is 4. The summed E-state index contributed by atoms with van der Waals surface area (Å²) >= 11 is 18.2. The summed E-state index contributed by atoms with van der Waals surface area (Å²) in [6, 6.07) is 14.5. The average molecular weight is 380 g/mol. The fourth-order valence-corrected chi connectivity index (χ4v) is 2.68. The second-order valence-corrected chi connectivity index (χ2v) is 6.29. The van der Waals surface area contributed by atoms with E-state index in [4.69, 9.17) is 34.8 Å². The summed E-state index contributed by atoms with van der Waals surface area (Å²) in [6.45, 7) is 1.88. The van der Waals surface area contributed by atoms with Crippen LogP contribution in [0.2, 0.25) is 15.2 Å². The van der Waals surface area contributed by atoms with Crippen LogP contribution in [0.1, 0.15) is 11.3 Å². The normalized spacial score (nSPS) is 11.2. The van der Waals surface area contributed by atoms with Crippen molar-refractivity contribution >= 4 is 46.7 Å². The molecule has 3 aromatic rings. The van der Waals surface area contributed by atoms with Crippen LogP contribution in [0.5, 0.6) is 0 Å². The third kappa shape index (κ3) is 3.73. The number of halogens is 3. The molecule has 24 heavy (non-hydrogen) atoms. The van der Waals surface area contributed by atoms with Crippen molar-refractivity contribution in [3.63, 3.8) is 0 Å². The van der Waals surface area contributed by atoms with Crippen molar-refractivity contribution in [1.82, 2.24) is 9.78 Å². The number of benzene rings is 2. The molecule has 0 spiro atoms. The highest BCUT2D eigenvalue weighted by Gasteiger charge is 2.13. The molecular weight excluding hydrogens is 367 g/mol. The van der Waals surface area contributed by atoms with Crippen LogP contribution in [-0.2, 0) is 0 Å². The van der Waals surface area contributed by atoms with Crippen molar-refractivity contribution in [2.75, 3.05) is 5.43 Å². The standard InChI is InChI=1S/C17H13Cl3N4/c1-11-16(10-21-22-14-6-2-12(18)3-7-14)17(20)24(23-11)15-8-4-13(19)5-9-15/h2-10,22H,1H3/b21-10+. The van der Waals surface area contributed by atoms with E-state index in [0.717, 1.165) is 22.6 Å². The van der Waals surface area contributed by atoms with Gasteiger partial charge >= 0.3 is 0 Å². The van der Waals surface area contributed by atoms with Crippen molar-refractivity contribution in [2.24, 2.45) is 5.10 Å².